The van der Waals surface area contributed by atoms with Crippen molar-refractivity contribution >= 4 is 47.1 Å². The Balaban J connectivity index is 1.90. The number of aryl methyl sites for hydroxylation is 1. The Morgan fingerprint density at radius 2 is 1.89 bits per heavy atom. The number of nitrogen functional groups attached to an aromatic ring is 1. The monoisotopic (exact) mass is 530 g/mol. The summed E-state index contributed by atoms with van der Waals surface area (Å²) in [5.41, 5.74) is 8.92. The molecule has 7 nitrogen and oxygen atoms in total. The summed E-state index contributed by atoms with van der Waals surface area (Å²) in [5, 5.41) is 12.7. The molecular weight excluding hydrogens is 501 g/mol. The van der Waals surface area contributed by atoms with E-state index in [1.54, 1.807) is 6.07 Å². The van der Waals surface area contributed by atoms with Crippen LogP contribution in [0.5, 0.6) is 0 Å². The number of nitrogens with zero attached hydrogens (tertiary/aromatic N) is 1. The van der Waals surface area contributed by atoms with E-state index in [-0.39, 0.29) is 12.3 Å². The predicted molar refractivity (Wildman–Crippen MR) is 140 cm³/mol. The standard InChI is InChI=1S/C27H29Cl2N3O4/c1-32(11-2-3-12-32)27(18-5-7-22(28)23(29)14-18)10-8-17-4-6-19(30)15-20(17)21(27)16-25(34)31-24(9-13-33)26(35)36/h4-7,9,13-15,21H,2-3,8,10-12,16,30H2,1H3,(H-,31,33,34,35,36)/p+1/t21-,27+/m1/s1. The number of carboxylic acids is 1. The number of likely N-dealkylation sites (tertiary alicyclic amines) is 1. The van der Waals surface area contributed by atoms with Crippen LogP contribution < -0.4 is 11.1 Å². The number of halogens is 2. The van der Waals surface area contributed by atoms with Crippen LogP contribution in [0.25, 0.3) is 0 Å². The smallest absolute Gasteiger partial charge is 0.352 e. The van der Waals surface area contributed by atoms with Crippen molar-refractivity contribution in [2.75, 3.05) is 25.9 Å². The van der Waals surface area contributed by atoms with E-state index in [4.69, 9.17) is 28.9 Å². The molecule has 1 amide bonds. The second kappa shape index (κ2) is 10.2. The zero-order valence-electron chi connectivity index (χ0n) is 20.1. The van der Waals surface area contributed by atoms with Gasteiger partial charge in [0.25, 0.3) is 0 Å². The minimum Gasteiger partial charge on any atom is -0.477 e. The van der Waals surface area contributed by atoms with Gasteiger partial charge in [-0.3, -0.25) is 9.59 Å². The molecule has 1 aliphatic carbocycles. The maximum Gasteiger partial charge on any atom is 0.352 e. The minimum atomic E-state index is -1.38. The first-order valence-electron chi connectivity index (χ1n) is 12.0. The lowest BCUT2D eigenvalue weighted by molar-refractivity contribution is -0.960. The Kier molecular flexibility index (Phi) is 7.46. The summed E-state index contributed by atoms with van der Waals surface area (Å²) in [7, 11) is 2.23. The fourth-order valence-corrected chi connectivity index (χ4v) is 6.62. The van der Waals surface area contributed by atoms with Crippen molar-refractivity contribution in [2.45, 2.75) is 43.6 Å². The van der Waals surface area contributed by atoms with Crippen molar-refractivity contribution < 1.29 is 24.0 Å². The maximum atomic E-state index is 13.3. The summed E-state index contributed by atoms with van der Waals surface area (Å²) in [5.74, 6) is -2.18. The van der Waals surface area contributed by atoms with E-state index in [1.807, 2.05) is 30.3 Å². The minimum absolute atomic E-state index is 0.00795. The molecule has 36 heavy (non-hydrogen) atoms. The lowest BCUT2D eigenvalue weighted by atomic mass is 9.63. The van der Waals surface area contributed by atoms with Gasteiger partial charge in [0.2, 0.25) is 5.91 Å². The van der Waals surface area contributed by atoms with Gasteiger partial charge in [-0.25, -0.2) is 4.79 Å². The summed E-state index contributed by atoms with van der Waals surface area (Å²) < 4.78 is 0.715. The Morgan fingerprint density at radius 3 is 2.53 bits per heavy atom. The third-order valence-electron chi connectivity index (χ3n) is 7.96. The molecule has 1 saturated heterocycles. The molecule has 2 atom stereocenters. The highest BCUT2D eigenvalue weighted by atomic mass is 35.5. The number of rotatable bonds is 7. The van der Waals surface area contributed by atoms with Gasteiger partial charge in [0, 0.05) is 43.0 Å². The number of fused-ring (bicyclic) bond motifs is 1. The normalized spacial score (nSPS) is 23.1. The average Bonchev–Trinajstić information content (AvgIpc) is 3.28. The summed E-state index contributed by atoms with van der Waals surface area (Å²) in [4.78, 5) is 35.8. The van der Waals surface area contributed by atoms with E-state index in [0.29, 0.717) is 26.5 Å². The first-order valence-corrected chi connectivity index (χ1v) is 12.7. The van der Waals surface area contributed by atoms with Gasteiger partial charge >= 0.3 is 5.97 Å². The Hall–Kier alpha value is -2.87. The summed E-state index contributed by atoms with van der Waals surface area (Å²) in [6, 6.07) is 11.5. The fraction of sp³-hybridized carbons (Fsp3) is 0.370. The van der Waals surface area contributed by atoms with E-state index >= 15 is 0 Å². The molecule has 0 unspecified atom stereocenters. The zero-order valence-corrected chi connectivity index (χ0v) is 21.6. The second-order valence-electron chi connectivity index (χ2n) is 9.89. The maximum absolute atomic E-state index is 13.3. The van der Waals surface area contributed by atoms with Gasteiger partial charge in [0.1, 0.15) is 17.5 Å². The number of quaternary nitrogens is 1. The van der Waals surface area contributed by atoms with Crippen molar-refractivity contribution in [3.05, 3.63) is 74.9 Å². The molecule has 190 valence electrons. The molecule has 1 fully saturated rings. The van der Waals surface area contributed by atoms with Crippen LogP contribution in [0, 0.1) is 0 Å². The van der Waals surface area contributed by atoms with Crippen molar-refractivity contribution in [3.63, 3.8) is 0 Å². The molecule has 2 aromatic carbocycles. The quantitative estimate of drug-likeness (QED) is 0.212. The third kappa shape index (κ3) is 4.63. The highest BCUT2D eigenvalue weighted by molar-refractivity contribution is 6.42. The lowest BCUT2D eigenvalue weighted by Crippen LogP contribution is -2.62. The highest BCUT2D eigenvalue weighted by Gasteiger charge is 2.58. The van der Waals surface area contributed by atoms with Crippen LogP contribution in [-0.4, -0.2) is 47.9 Å². The van der Waals surface area contributed by atoms with E-state index in [2.05, 4.69) is 12.4 Å². The van der Waals surface area contributed by atoms with Crippen LogP contribution in [0.15, 0.2) is 48.2 Å². The molecule has 2 aromatic rings. The Morgan fingerprint density at radius 1 is 1.17 bits per heavy atom. The van der Waals surface area contributed by atoms with Gasteiger partial charge in [-0.2, -0.15) is 0 Å². The van der Waals surface area contributed by atoms with Crippen molar-refractivity contribution in [3.8, 4) is 0 Å². The number of aliphatic carboxylic acids is 1. The summed E-state index contributed by atoms with van der Waals surface area (Å²) >= 11 is 12.8. The number of nitrogens with two attached hydrogens (primary N) is 1. The van der Waals surface area contributed by atoms with Gasteiger partial charge < -0.3 is 20.6 Å². The van der Waals surface area contributed by atoms with Crippen LogP contribution in [0.4, 0.5) is 5.69 Å². The number of aldehydes is 1. The first kappa shape index (κ1) is 26.2. The van der Waals surface area contributed by atoms with Crippen molar-refractivity contribution in [1.29, 1.82) is 0 Å². The number of carboxylic acid groups (broad SMARTS) is 1. The summed E-state index contributed by atoms with van der Waals surface area (Å²) in [6.45, 7) is 1.86. The first-order chi connectivity index (χ1) is 17.1. The van der Waals surface area contributed by atoms with Crippen LogP contribution in [0.1, 0.15) is 48.3 Å². The van der Waals surface area contributed by atoms with E-state index in [0.717, 1.165) is 61.5 Å². The highest BCUT2D eigenvalue weighted by Crippen LogP contribution is 2.56. The topological polar surface area (TPSA) is 109 Å². The number of nitrogens with one attached hydrogen (secondary N) is 1. The molecule has 4 N–H and O–H groups in total. The van der Waals surface area contributed by atoms with Crippen LogP contribution in [0.2, 0.25) is 10.0 Å². The van der Waals surface area contributed by atoms with Crippen molar-refractivity contribution in [2.24, 2.45) is 0 Å². The van der Waals surface area contributed by atoms with Crippen molar-refractivity contribution in [1.82, 2.24) is 5.32 Å². The molecular formula is C27H30Cl2N3O4+. The van der Waals surface area contributed by atoms with Gasteiger partial charge in [0.15, 0.2) is 0 Å². The number of carbonyl (C=O) groups excluding carboxylic acids is 2. The zero-order chi connectivity index (χ0) is 26.1. The molecule has 0 bridgehead atoms. The Labute approximate surface area is 220 Å². The fourth-order valence-electron chi connectivity index (χ4n) is 6.32. The van der Waals surface area contributed by atoms with E-state index in [9.17, 15) is 19.5 Å². The number of likely N-dealkylation sites (N-methyl/N-ethyl adjacent to an activating group) is 1. The molecule has 2 aliphatic rings. The largest absolute Gasteiger partial charge is 0.477 e. The Bertz CT molecular complexity index is 1240. The van der Waals surface area contributed by atoms with Gasteiger partial charge in [-0.05, 0) is 41.8 Å². The lowest BCUT2D eigenvalue weighted by Gasteiger charge is -2.55. The van der Waals surface area contributed by atoms with Gasteiger partial charge in [-0.15, -0.1) is 0 Å². The number of amides is 1. The number of allylic oxidation sites excluding steroid dienone is 1. The molecule has 1 heterocycles. The van der Waals surface area contributed by atoms with Gasteiger partial charge in [0.05, 0.1) is 36.1 Å². The SMILES string of the molecule is C[N+]1([C@]2(c3ccc(Cl)c(Cl)c3)CCc3ccc(N)cc3[C@H]2CC(=O)NC(=CC=O)C(=O)O)CCCC1. The number of hydrogen-bond donors (Lipinski definition) is 3. The second-order valence-corrected chi connectivity index (χ2v) is 10.7. The molecule has 0 spiro atoms. The van der Waals surface area contributed by atoms with Crippen LogP contribution in [-0.2, 0) is 26.3 Å². The average molecular weight is 531 g/mol. The molecule has 1 aliphatic heterocycles. The van der Waals surface area contributed by atoms with Crippen LogP contribution in [0.3, 0.4) is 0 Å². The number of hydrogen-bond acceptors (Lipinski definition) is 4. The number of benzene rings is 2. The molecule has 0 radical (unpaired) electrons. The van der Waals surface area contributed by atoms with Crippen LogP contribution >= 0.6 is 23.2 Å². The predicted octanol–water partition coefficient (Wildman–Crippen LogP) is 4.42. The molecule has 0 saturated carbocycles. The molecule has 4 rings (SSSR count). The molecule has 0 aromatic heterocycles. The van der Waals surface area contributed by atoms with Gasteiger partial charge in [-0.1, -0.05) is 35.3 Å². The third-order valence-corrected chi connectivity index (χ3v) is 8.70. The number of carbonyl (C=O) groups is 3. The molecule has 9 heteroatoms. The van der Waals surface area contributed by atoms with E-state index in [1.165, 1.54) is 0 Å². The number of anilines is 1. The summed E-state index contributed by atoms with van der Waals surface area (Å²) in [6.07, 6.45) is 4.89. The van der Waals surface area contributed by atoms with E-state index < -0.39 is 23.1 Å².